The van der Waals surface area contributed by atoms with Crippen LogP contribution in [0.3, 0.4) is 0 Å². The summed E-state index contributed by atoms with van der Waals surface area (Å²) < 4.78 is 10.4. The molecule has 0 saturated carbocycles. The van der Waals surface area contributed by atoms with Gasteiger partial charge in [0.15, 0.2) is 0 Å². The number of esters is 1. The summed E-state index contributed by atoms with van der Waals surface area (Å²) in [4.78, 5) is 11.6. The second-order valence-electron chi connectivity index (χ2n) is 4.07. The number of ether oxygens (including phenoxy) is 2. The van der Waals surface area contributed by atoms with E-state index >= 15 is 0 Å². The SMILES string of the molecule is CCOC(=O)c1cc(OCC(C)C)ccc1Cl. The monoisotopic (exact) mass is 256 g/mol. The van der Waals surface area contributed by atoms with Gasteiger partial charge in [-0.25, -0.2) is 4.79 Å². The molecule has 0 unspecified atom stereocenters. The third kappa shape index (κ3) is 4.27. The van der Waals surface area contributed by atoms with Gasteiger partial charge in [0.25, 0.3) is 0 Å². The van der Waals surface area contributed by atoms with Gasteiger partial charge in [-0.2, -0.15) is 0 Å². The van der Waals surface area contributed by atoms with Crippen LogP contribution in [0.4, 0.5) is 0 Å². The van der Waals surface area contributed by atoms with Crippen molar-refractivity contribution in [3.63, 3.8) is 0 Å². The van der Waals surface area contributed by atoms with Crippen LogP contribution in [0.5, 0.6) is 5.75 Å². The zero-order valence-electron chi connectivity index (χ0n) is 10.3. The van der Waals surface area contributed by atoms with E-state index in [4.69, 9.17) is 21.1 Å². The maximum Gasteiger partial charge on any atom is 0.339 e. The Balaban J connectivity index is 2.82. The molecule has 1 aromatic carbocycles. The van der Waals surface area contributed by atoms with Gasteiger partial charge in [-0.1, -0.05) is 25.4 Å². The number of benzene rings is 1. The van der Waals surface area contributed by atoms with Crippen LogP contribution in [0.15, 0.2) is 18.2 Å². The Kier molecular flexibility index (Phi) is 5.29. The highest BCUT2D eigenvalue weighted by molar-refractivity contribution is 6.33. The van der Waals surface area contributed by atoms with Crippen LogP contribution in [0.1, 0.15) is 31.1 Å². The summed E-state index contributed by atoms with van der Waals surface area (Å²) in [5.41, 5.74) is 0.342. The summed E-state index contributed by atoms with van der Waals surface area (Å²) in [7, 11) is 0. The summed E-state index contributed by atoms with van der Waals surface area (Å²) in [6, 6.07) is 5.00. The molecular weight excluding hydrogens is 240 g/mol. The highest BCUT2D eigenvalue weighted by Gasteiger charge is 2.12. The van der Waals surface area contributed by atoms with E-state index in [-0.39, 0.29) is 0 Å². The van der Waals surface area contributed by atoms with Gasteiger partial charge in [0, 0.05) is 0 Å². The van der Waals surface area contributed by atoms with E-state index in [1.807, 2.05) is 0 Å². The van der Waals surface area contributed by atoms with Crippen molar-refractivity contribution in [3.8, 4) is 5.75 Å². The largest absolute Gasteiger partial charge is 0.493 e. The first-order valence-electron chi connectivity index (χ1n) is 5.64. The van der Waals surface area contributed by atoms with E-state index in [0.717, 1.165) is 0 Å². The Morgan fingerprint density at radius 1 is 1.41 bits per heavy atom. The third-order valence-corrected chi connectivity index (χ3v) is 2.35. The third-order valence-electron chi connectivity index (χ3n) is 2.02. The minimum atomic E-state index is -0.424. The first-order chi connectivity index (χ1) is 8.04. The Labute approximate surface area is 107 Å². The molecule has 0 aliphatic carbocycles. The summed E-state index contributed by atoms with van der Waals surface area (Å²) in [5, 5.41) is 0.375. The topological polar surface area (TPSA) is 35.5 Å². The van der Waals surface area contributed by atoms with Gasteiger partial charge in [-0.05, 0) is 31.0 Å². The molecule has 0 aromatic heterocycles. The predicted molar refractivity (Wildman–Crippen MR) is 67.7 cm³/mol. The van der Waals surface area contributed by atoms with Crippen molar-refractivity contribution in [1.82, 2.24) is 0 Å². The van der Waals surface area contributed by atoms with E-state index in [0.29, 0.717) is 35.5 Å². The van der Waals surface area contributed by atoms with Crippen molar-refractivity contribution < 1.29 is 14.3 Å². The lowest BCUT2D eigenvalue weighted by atomic mass is 10.2. The molecule has 3 nitrogen and oxygen atoms in total. The van der Waals surface area contributed by atoms with Crippen molar-refractivity contribution in [2.75, 3.05) is 13.2 Å². The predicted octanol–water partition coefficient (Wildman–Crippen LogP) is 3.55. The Morgan fingerprint density at radius 2 is 2.12 bits per heavy atom. The van der Waals surface area contributed by atoms with Gasteiger partial charge in [-0.3, -0.25) is 0 Å². The summed E-state index contributed by atoms with van der Waals surface area (Å²) >= 11 is 5.93. The average molecular weight is 257 g/mol. The Morgan fingerprint density at radius 3 is 2.71 bits per heavy atom. The molecule has 0 spiro atoms. The van der Waals surface area contributed by atoms with Gasteiger partial charge >= 0.3 is 5.97 Å². The Bertz CT molecular complexity index is 388. The fourth-order valence-corrected chi connectivity index (χ4v) is 1.42. The standard InChI is InChI=1S/C13H17ClO3/c1-4-16-13(15)11-7-10(5-6-12(11)14)17-8-9(2)3/h5-7,9H,4,8H2,1-3H3. The molecular formula is C13H17ClO3. The van der Waals surface area contributed by atoms with Crippen LogP contribution in [0.25, 0.3) is 0 Å². The molecule has 0 fully saturated rings. The van der Waals surface area contributed by atoms with E-state index in [2.05, 4.69) is 13.8 Å². The van der Waals surface area contributed by atoms with E-state index in [1.165, 1.54) is 0 Å². The minimum absolute atomic E-state index is 0.326. The van der Waals surface area contributed by atoms with Crippen LogP contribution in [-0.4, -0.2) is 19.2 Å². The molecule has 0 bridgehead atoms. The highest BCUT2D eigenvalue weighted by Crippen LogP contribution is 2.23. The molecule has 17 heavy (non-hydrogen) atoms. The van der Waals surface area contributed by atoms with E-state index in [9.17, 15) is 4.79 Å². The highest BCUT2D eigenvalue weighted by atomic mass is 35.5. The van der Waals surface area contributed by atoms with Gasteiger partial charge < -0.3 is 9.47 Å². The molecule has 1 rings (SSSR count). The summed E-state index contributed by atoms with van der Waals surface area (Å²) in [6.07, 6.45) is 0. The lowest BCUT2D eigenvalue weighted by Gasteiger charge is -2.10. The number of carbonyl (C=O) groups excluding carboxylic acids is 1. The van der Waals surface area contributed by atoms with Gasteiger partial charge in [-0.15, -0.1) is 0 Å². The molecule has 0 N–H and O–H groups in total. The fourth-order valence-electron chi connectivity index (χ4n) is 1.22. The van der Waals surface area contributed by atoms with Gasteiger partial charge in [0.1, 0.15) is 5.75 Å². The number of hydrogen-bond acceptors (Lipinski definition) is 3. The van der Waals surface area contributed by atoms with E-state index < -0.39 is 5.97 Å². The molecule has 0 heterocycles. The lowest BCUT2D eigenvalue weighted by molar-refractivity contribution is 0.0526. The molecule has 0 saturated heterocycles. The van der Waals surface area contributed by atoms with Crippen LogP contribution < -0.4 is 4.74 Å². The summed E-state index contributed by atoms with van der Waals surface area (Å²) in [6.45, 7) is 6.80. The Hall–Kier alpha value is -1.22. The van der Waals surface area contributed by atoms with E-state index in [1.54, 1.807) is 25.1 Å². The maximum atomic E-state index is 11.6. The minimum Gasteiger partial charge on any atom is -0.493 e. The lowest BCUT2D eigenvalue weighted by Crippen LogP contribution is -2.08. The summed E-state index contributed by atoms with van der Waals surface area (Å²) in [5.74, 6) is 0.635. The number of rotatable bonds is 5. The van der Waals surface area contributed by atoms with Crippen molar-refractivity contribution in [1.29, 1.82) is 0 Å². The van der Waals surface area contributed by atoms with Gasteiger partial charge in [0.05, 0.1) is 23.8 Å². The molecule has 1 aromatic rings. The smallest absolute Gasteiger partial charge is 0.339 e. The number of hydrogen-bond donors (Lipinski definition) is 0. The number of halogens is 1. The molecule has 0 aliphatic heterocycles. The zero-order valence-corrected chi connectivity index (χ0v) is 11.1. The average Bonchev–Trinajstić information content (AvgIpc) is 2.28. The molecule has 0 radical (unpaired) electrons. The fraction of sp³-hybridized carbons (Fsp3) is 0.462. The quantitative estimate of drug-likeness (QED) is 0.756. The van der Waals surface area contributed by atoms with Crippen molar-refractivity contribution >= 4 is 17.6 Å². The van der Waals surface area contributed by atoms with Crippen LogP contribution >= 0.6 is 11.6 Å². The second-order valence-corrected chi connectivity index (χ2v) is 4.47. The van der Waals surface area contributed by atoms with Crippen molar-refractivity contribution in [2.24, 2.45) is 5.92 Å². The second kappa shape index (κ2) is 6.50. The molecule has 0 amide bonds. The molecule has 0 atom stereocenters. The molecule has 4 heteroatoms. The maximum absolute atomic E-state index is 11.6. The first-order valence-corrected chi connectivity index (χ1v) is 6.01. The molecule has 94 valence electrons. The van der Waals surface area contributed by atoms with Crippen molar-refractivity contribution in [3.05, 3.63) is 28.8 Å². The normalized spacial score (nSPS) is 10.4. The zero-order chi connectivity index (χ0) is 12.8. The van der Waals surface area contributed by atoms with Crippen LogP contribution in [0, 0.1) is 5.92 Å². The number of carbonyl (C=O) groups is 1. The van der Waals surface area contributed by atoms with Crippen LogP contribution in [-0.2, 0) is 4.74 Å². The first kappa shape index (κ1) is 13.8. The molecule has 0 aliphatic rings. The van der Waals surface area contributed by atoms with Gasteiger partial charge in [0.2, 0.25) is 0 Å². The van der Waals surface area contributed by atoms with Crippen molar-refractivity contribution in [2.45, 2.75) is 20.8 Å². The van der Waals surface area contributed by atoms with Crippen LogP contribution in [0.2, 0.25) is 5.02 Å².